The zero-order chi connectivity index (χ0) is 9.31. The van der Waals surface area contributed by atoms with Crippen LogP contribution in [0.15, 0.2) is 5.38 Å². The molecule has 0 aliphatic carbocycles. The van der Waals surface area contributed by atoms with Crippen molar-refractivity contribution in [2.24, 2.45) is 0 Å². The predicted octanol–water partition coefficient (Wildman–Crippen LogP) is 0.718. The molecule has 1 atom stereocenters. The van der Waals surface area contributed by atoms with Crippen molar-refractivity contribution in [3.63, 3.8) is 0 Å². The maximum atomic E-state index is 10.1. The van der Waals surface area contributed by atoms with Gasteiger partial charge in [0.05, 0.1) is 10.6 Å². The van der Waals surface area contributed by atoms with E-state index in [2.05, 4.69) is 10.3 Å². The van der Waals surface area contributed by atoms with Gasteiger partial charge in [-0.25, -0.2) is 4.98 Å². The van der Waals surface area contributed by atoms with Crippen molar-refractivity contribution in [3.8, 4) is 0 Å². The fourth-order valence-electron chi connectivity index (χ4n) is 1.65. The molecule has 1 aliphatic heterocycles. The van der Waals surface area contributed by atoms with E-state index in [1.54, 1.807) is 11.3 Å². The number of β-amino-alcohol motifs (C(OH)–C–C–N with tert-alkyl or cyclic N) is 1. The van der Waals surface area contributed by atoms with Crippen molar-refractivity contribution in [1.82, 2.24) is 10.3 Å². The van der Waals surface area contributed by atoms with Gasteiger partial charge in [0.15, 0.2) is 0 Å². The maximum absolute atomic E-state index is 10.1. The van der Waals surface area contributed by atoms with E-state index in [-0.39, 0.29) is 0 Å². The SMILES string of the molecule is Cc1csc(CC2(O)CCNC2)n1. The van der Waals surface area contributed by atoms with E-state index in [0.29, 0.717) is 13.0 Å². The fourth-order valence-corrected chi connectivity index (χ4v) is 2.55. The second-order valence-corrected chi connectivity index (χ2v) is 4.65. The topological polar surface area (TPSA) is 45.1 Å². The van der Waals surface area contributed by atoms with Gasteiger partial charge in [-0.05, 0) is 19.9 Å². The third-order valence-corrected chi connectivity index (χ3v) is 3.33. The lowest BCUT2D eigenvalue weighted by Crippen LogP contribution is -2.33. The van der Waals surface area contributed by atoms with Crippen LogP contribution in [0.25, 0.3) is 0 Å². The van der Waals surface area contributed by atoms with Crippen LogP contribution in [-0.4, -0.2) is 28.8 Å². The molecular weight excluding hydrogens is 184 g/mol. The molecule has 1 aromatic rings. The molecular formula is C9H14N2OS. The molecule has 0 aromatic carbocycles. The molecule has 3 nitrogen and oxygen atoms in total. The van der Waals surface area contributed by atoms with Crippen LogP contribution in [0.3, 0.4) is 0 Å². The molecule has 4 heteroatoms. The molecule has 1 saturated heterocycles. The Morgan fingerprint density at radius 1 is 1.77 bits per heavy atom. The van der Waals surface area contributed by atoms with Crippen LogP contribution < -0.4 is 5.32 Å². The van der Waals surface area contributed by atoms with Crippen LogP contribution in [0, 0.1) is 6.92 Å². The number of thiazole rings is 1. The van der Waals surface area contributed by atoms with Crippen molar-refractivity contribution < 1.29 is 5.11 Å². The Morgan fingerprint density at radius 2 is 2.62 bits per heavy atom. The van der Waals surface area contributed by atoms with E-state index in [1.807, 2.05) is 12.3 Å². The van der Waals surface area contributed by atoms with Gasteiger partial charge in [0.2, 0.25) is 0 Å². The highest BCUT2D eigenvalue weighted by molar-refractivity contribution is 7.09. The highest BCUT2D eigenvalue weighted by Crippen LogP contribution is 2.22. The summed E-state index contributed by atoms with van der Waals surface area (Å²) >= 11 is 1.64. The molecule has 1 aliphatic rings. The standard InChI is InChI=1S/C9H14N2OS/c1-7-5-13-8(11-7)4-9(12)2-3-10-6-9/h5,10,12H,2-4,6H2,1H3. The molecule has 72 valence electrons. The zero-order valence-electron chi connectivity index (χ0n) is 7.71. The Bertz CT molecular complexity index is 292. The summed E-state index contributed by atoms with van der Waals surface area (Å²) in [5.41, 5.74) is 0.499. The van der Waals surface area contributed by atoms with Crippen LogP contribution in [-0.2, 0) is 6.42 Å². The summed E-state index contributed by atoms with van der Waals surface area (Å²) in [5.74, 6) is 0. The summed E-state index contributed by atoms with van der Waals surface area (Å²) in [5, 5.41) is 16.3. The lowest BCUT2D eigenvalue weighted by molar-refractivity contribution is 0.0618. The lowest BCUT2D eigenvalue weighted by Gasteiger charge is -2.19. The third kappa shape index (κ3) is 2.07. The van der Waals surface area contributed by atoms with Gasteiger partial charge in [-0.1, -0.05) is 0 Å². The summed E-state index contributed by atoms with van der Waals surface area (Å²) in [6.07, 6.45) is 1.53. The minimum atomic E-state index is -0.551. The van der Waals surface area contributed by atoms with E-state index < -0.39 is 5.60 Å². The van der Waals surface area contributed by atoms with Crippen molar-refractivity contribution in [3.05, 3.63) is 16.1 Å². The average molecular weight is 198 g/mol. The monoisotopic (exact) mass is 198 g/mol. The number of aliphatic hydroxyl groups is 1. The molecule has 0 amide bonds. The van der Waals surface area contributed by atoms with Gasteiger partial charge in [0, 0.05) is 24.0 Å². The highest BCUT2D eigenvalue weighted by Gasteiger charge is 2.31. The van der Waals surface area contributed by atoms with Crippen molar-refractivity contribution in [2.75, 3.05) is 13.1 Å². The number of aromatic nitrogens is 1. The third-order valence-electron chi connectivity index (χ3n) is 2.37. The number of nitrogens with zero attached hydrogens (tertiary/aromatic N) is 1. The summed E-state index contributed by atoms with van der Waals surface area (Å²) in [6, 6.07) is 0. The highest BCUT2D eigenvalue weighted by atomic mass is 32.1. The predicted molar refractivity (Wildman–Crippen MR) is 53.0 cm³/mol. The van der Waals surface area contributed by atoms with Crippen molar-refractivity contribution >= 4 is 11.3 Å². The first-order valence-corrected chi connectivity index (χ1v) is 5.40. The van der Waals surface area contributed by atoms with E-state index >= 15 is 0 Å². The summed E-state index contributed by atoms with van der Waals surface area (Å²) in [7, 11) is 0. The van der Waals surface area contributed by atoms with Gasteiger partial charge in [-0.3, -0.25) is 0 Å². The molecule has 1 aromatic heterocycles. The second kappa shape index (κ2) is 3.36. The van der Waals surface area contributed by atoms with E-state index in [0.717, 1.165) is 23.7 Å². The lowest BCUT2D eigenvalue weighted by atomic mass is 10.00. The molecule has 2 N–H and O–H groups in total. The van der Waals surface area contributed by atoms with Crippen molar-refractivity contribution in [2.45, 2.75) is 25.4 Å². The number of aryl methyl sites for hydroxylation is 1. The van der Waals surface area contributed by atoms with E-state index in [4.69, 9.17) is 0 Å². The number of nitrogens with one attached hydrogen (secondary N) is 1. The Labute approximate surface area is 81.8 Å². The first kappa shape index (κ1) is 9.12. The molecule has 2 heterocycles. The first-order chi connectivity index (χ1) is 6.18. The van der Waals surface area contributed by atoms with Crippen LogP contribution in [0.5, 0.6) is 0 Å². The number of hydrogen-bond acceptors (Lipinski definition) is 4. The minimum absolute atomic E-state index is 0.551. The largest absolute Gasteiger partial charge is 0.388 e. The Hall–Kier alpha value is -0.450. The smallest absolute Gasteiger partial charge is 0.0957 e. The normalized spacial score (nSPS) is 28.2. The summed E-state index contributed by atoms with van der Waals surface area (Å²) in [6.45, 7) is 3.60. The van der Waals surface area contributed by atoms with Gasteiger partial charge in [0.25, 0.3) is 0 Å². The van der Waals surface area contributed by atoms with Crippen LogP contribution in [0.2, 0.25) is 0 Å². The first-order valence-electron chi connectivity index (χ1n) is 4.52. The second-order valence-electron chi connectivity index (χ2n) is 3.71. The van der Waals surface area contributed by atoms with E-state index in [1.165, 1.54) is 0 Å². The van der Waals surface area contributed by atoms with Gasteiger partial charge in [0.1, 0.15) is 0 Å². The molecule has 13 heavy (non-hydrogen) atoms. The quantitative estimate of drug-likeness (QED) is 0.736. The molecule has 0 radical (unpaired) electrons. The Morgan fingerprint density at radius 3 is 3.15 bits per heavy atom. The van der Waals surface area contributed by atoms with Crippen LogP contribution in [0.1, 0.15) is 17.1 Å². The van der Waals surface area contributed by atoms with Crippen LogP contribution >= 0.6 is 11.3 Å². The van der Waals surface area contributed by atoms with Crippen LogP contribution in [0.4, 0.5) is 0 Å². The molecule has 0 saturated carbocycles. The Kier molecular flexibility index (Phi) is 2.36. The number of hydrogen-bond donors (Lipinski definition) is 2. The van der Waals surface area contributed by atoms with Gasteiger partial charge >= 0.3 is 0 Å². The average Bonchev–Trinajstić information content (AvgIpc) is 2.62. The molecule has 1 unspecified atom stereocenters. The molecule has 0 bridgehead atoms. The molecule has 0 spiro atoms. The minimum Gasteiger partial charge on any atom is -0.388 e. The summed E-state index contributed by atoms with van der Waals surface area (Å²) < 4.78 is 0. The van der Waals surface area contributed by atoms with Gasteiger partial charge < -0.3 is 10.4 Å². The fraction of sp³-hybridized carbons (Fsp3) is 0.667. The van der Waals surface area contributed by atoms with Crippen molar-refractivity contribution in [1.29, 1.82) is 0 Å². The van der Waals surface area contributed by atoms with Gasteiger partial charge in [-0.2, -0.15) is 0 Å². The summed E-state index contributed by atoms with van der Waals surface area (Å²) in [4.78, 5) is 4.35. The van der Waals surface area contributed by atoms with Gasteiger partial charge in [-0.15, -0.1) is 11.3 Å². The maximum Gasteiger partial charge on any atom is 0.0957 e. The molecule has 2 rings (SSSR count). The molecule has 1 fully saturated rings. The van der Waals surface area contributed by atoms with E-state index in [9.17, 15) is 5.11 Å². The Balaban J connectivity index is 2.04. The zero-order valence-corrected chi connectivity index (χ0v) is 8.52. The number of rotatable bonds is 2.